The van der Waals surface area contributed by atoms with Crippen LogP contribution in [0.15, 0.2) is 52.1 Å². The summed E-state index contributed by atoms with van der Waals surface area (Å²) in [6.07, 6.45) is 1.81. The lowest BCUT2D eigenvalue weighted by atomic mass is 10.0. The molecule has 0 aliphatic carbocycles. The summed E-state index contributed by atoms with van der Waals surface area (Å²) in [7, 11) is 0. The van der Waals surface area contributed by atoms with Crippen LogP contribution in [0.25, 0.3) is 0 Å². The molecule has 0 bridgehead atoms. The zero-order valence-corrected chi connectivity index (χ0v) is 13.4. The molecule has 2 rings (SSSR count). The number of thioether (sulfide) groups is 1. The minimum absolute atomic E-state index is 0.0556. The fourth-order valence-corrected chi connectivity index (χ4v) is 3.62. The van der Waals surface area contributed by atoms with Gasteiger partial charge in [0.15, 0.2) is 0 Å². The first-order valence-corrected chi connectivity index (χ1v) is 7.85. The Labute approximate surface area is 126 Å². The third-order valence-corrected chi connectivity index (χ3v) is 5.32. The van der Waals surface area contributed by atoms with Crippen LogP contribution in [0.2, 0.25) is 0 Å². The van der Waals surface area contributed by atoms with E-state index in [2.05, 4.69) is 52.1 Å². The lowest BCUT2D eigenvalue weighted by molar-refractivity contribution is 0.716. The summed E-state index contributed by atoms with van der Waals surface area (Å²) in [5, 5.41) is 1.18. The van der Waals surface area contributed by atoms with Crippen molar-refractivity contribution in [1.29, 1.82) is 0 Å². The summed E-state index contributed by atoms with van der Waals surface area (Å²) < 4.78 is 1.01. The van der Waals surface area contributed by atoms with E-state index in [0.717, 1.165) is 9.50 Å². The number of pyridine rings is 1. The lowest BCUT2D eigenvalue weighted by Gasteiger charge is -2.22. The van der Waals surface area contributed by atoms with E-state index in [0.29, 0.717) is 0 Å². The van der Waals surface area contributed by atoms with Crippen molar-refractivity contribution in [3.8, 4) is 0 Å². The highest BCUT2D eigenvalue weighted by atomic mass is 79.9. The second kappa shape index (κ2) is 6.55. The van der Waals surface area contributed by atoms with E-state index >= 15 is 0 Å². The van der Waals surface area contributed by atoms with Gasteiger partial charge in [0.05, 0.1) is 5.25 Å². The van der Waals surface area contributed by atoms with Crippen molar-refractivity contribution in [2.24, 2.45) is 5.73 Å². The Morgan fingerprint density at radius 3 is 2.58 bits per heavy atom. The maximum Gasteiger partial charge on any atom is 0.111 e. The van der Waals surface area contributed by atoms with Crippen molar-refractivity contribution >= 4 is 27.7 Å². The average Bonchev–Trinajstić information content (AvgIpc) is 2.38. The van der Waals surface area contributed by atoms with E-state index in [9.17, 15) is 0 Å². The number of nitrogens with two attached hydrogens (primary N) is 1. The van der Waals surface area contributed by atoms with Crippen molar-refractivity contribution in [3.63, 3.8) is 0 Å². The molecule has 1 aromatic heterocycles. The van der Waals surface area contributed by atoms with Gasteiger partial charge in [-0.15, -0.1) is 0 Å². The molecule has 2 aromatic rings. The van der Waals surface area contributed by atoms with Crippen LogP contribution in [0.5, 0.6) is 0 Å². The van der Waals surface area contributed by atoms with Gasteiger partial charge in [-0.3, -0.25) is 0 Å². The molecule has 2 nitrogen and oxygen atoms in total. The number of rotatable bonds is 4. The van der Waals surface area contributed by atoms with Gasteiger partial charge in [0.1, 0.15) is 5.03 Å². The highest BCUT2D eigenvalue weighted by molar-refractivity contribution is 9.10. The zero-order valence-electron chi connectivity index (χ0n) is 11.0. The van der Waals surface area contributed by atoms with Crippen LogP contribution in [0.4, 0.5) is 0 Å². The van der Waals surface area contributed by atoms with Gasteiger partial charge in [-0.1, -0.05) is 36.0 Å². The average molecular weight is 337 g/mol. The van der Waals surface area contributed by atoms with Crippen LogP contribution >= 0.6 is 27.7 Å². The molecule has 0 saturated heterocycles. The van der Waals surface area contributed by atoms with E-state index in [-0.39, 0.29) is 11.3 Å². The molecule has 19 heavy (non-hydrogen) atoms. The minimum atomic E-state index is 0.0556. The topological polar surface area (TPSA) is 38.9 Å². The third kappa shape index (κ3) is 3.59. The number of halogens is 1. The van der Waals surface area contributed by atoms with Crippen LogP contribution in [0, 0.1) is 6.92 Å². The SMILES string of the molecule is Cc1ccccc1C(Sc1ncccc1Br)C(C)N. The second-order valence-corrected chi connectivity index (χ2v) is 6.53. The molecule has 1 heterocycles. The molecule has 0 radical (unpaired) electrons. The smallest absolute Gasteiger partial charge is 0.111 e. The quantitative estimate of drug-likeness (QED) is 0.844. The summed E-state index contributed by atoms with van der Waals surface area (Å²) in [5.41, 5.74) is 8.72. The van der Waals surface area contributed by atoms with Gasteiger partial charge in [0.2, 0.25) is 0 Å². The van der Waals surface area contributed by atoms with Crippen molar-refractivity contribution in [2.45, 2.75) is 30.2 Å². The number of aryl methyl sites for hydroxylation is 1. The van der Waals surface area contributed by atoms with Crippen LogP contribution < -0.4 is 5.73 Å². The largest absolute Gasteiger partial charge is 0.327 e. The van der Waals surface area contributed by atoms with Crippen molar-refractivity contribution in [2.75, 3.05) is 0 Å². The monoisotopic (exact) mass is 336 g/mol. The van der Waals surface area contributed by atoms with Gasteiger partial charge in [0, 0.05) is 16.7 Å². The van der Waals surface area contributed by atoms with E-state index < -0.39 is 0 Å². The Hall–Kier alpha value is -0.840. The first-order chi connectivity index (χ1) is 9.09. The Morgan fingerprint density at radius 2 is 1.95 bits per heavy atom. The van der Waals surface area contributed by atoms with Crippen LogP contribution in [0.3, 0.4) is 0 Å². The molecule has 2 N–H and O–H groups in total. The zero-order chi connectivity index (χ0) is 13.8. The number of nitrogens with zero attached hydrogens (tertiary/aromatic N) is 1. The Balaban J connectivity index is 2.33. The van der Waals surface area contributed by atoms with E-state index in [4.69, 9.17) is 5.73 Å². The van der Waals surface area contributed by atoms with Gasteiger partial charge in [-0.2, -0.15) is 0 Å². The molecular formula is C15H17BrN2S. The summed E-state index contributed by atoms with van der Waals surface area (Å²) in [6.45, 7) is 4.17. The summed E-state index contributed by atoms with van der Waals surface area (Å²) in [5.74, 6) is 0. The van der Waals surface area contributed by atoms with Crippen molar-refractivity contribution in [1.82, 2.24) is 4.98 Å². The number of aromatic nitrogens is 1. The molecule has 100 valence electrons. The predicted molar refractivity (Wildman–Crippen MR) is 85.4 cm³/mol. The number of hydrogen-bond donors (Lipinski definition) is 1. The molecular weight excluding hydrogens is 320 g/mol. The molecule has 2 atom stereocenters. The molecule has 4 heteroatoms. The standard InChI is InChI=1S/C15H17BrN2S/c1-10-6-3-4-7-12(10)14(11(2)17)19-15-13(16)8-5-9-18-15/h3-9,11,14H,17H2,1-2H3. The molecule has 0 saturated carbocycles. The predicted octanol–water partition coefficient (Wildman–Crippen LogP) is 4.33. The molecule has 1 aromatic carbocycles. The fraction of sp³-hybridized carbons (Fsp3) is 0.267. The minimum Gasteiger partial charge on any atom is -0.327 e. The molecule has 0 aliphatic rings. The second-order valence-electron chi connectivity index (χ2n) is 4.54. The summed E-state index contributed by atoms with van der Waals surface area (Å²) in [6, 6.07) is 12.4. The molecule has 0 aliphatic heterocycles. The first kappa shape index (κ1) is 14.6. The normalized spacial score (nSPS) is 14.1. The maximum atomic E-state index is 6.17. The van der Waals surface area contributed by atoms with Crippen LogP contribution in [-0.4, -0.2) is 11.0 Å². The highest BCUT2D eigenvalue weighted by Gasteiger charge is 2.20. The van der Waals surface area contributed by atoms with E-state index in [1.54, 1.807) is 11.8 Å². The third-order valence-electron chi connectivity index (χ3n) is 2.94. The summed E-state index contributed by atoms with van der Waals surface area (Å²) >= 11 is 5.25. The summed E-state index contributed by atoms with van der Waals surface area (Å²) in [4.78, 5) is 4.42. The molecule has 0 amide bonds. The fourth-order valence-electron chi connectivity index (χ4n) is 1.94. The molecule has 2 unspecified atom stereocenters. The number of hydrogen-bond acceptors (Lipinski definition) is 3. The van der Waals surface area contributed by atoms with Crippen molar-refractivity contribution < 1.29 is 0 Å². The Bertz CT molecular complexity index is 557. The van der Waals surface area contributed by atoms with Gasteiger partial charge in [-0.05, 0) is 53.0 Å². The van der Waals surface area contributed by atoms with E-state index in [1.807, 2.05) is 25.3 Å². The first-order valence-electron chi connectivity index (χ1n) is 6.18. The van der Waals surface area contributed by atoms with Gasteiger partial charge in [-0.25, -0.2) is 4.98 Å². The van der Waals surface area contributed by atoms with Crippen molar-refractivity contribution in [3.05, 3.63) is 58.2 Å². The lowest BCUT2D eigenvalue weighted by Crippen LogP contribution is -2.23. The Morgan fingerprint density at radius 1 is 1.21 bits per heavy atom. The van der Waals surface area contributed by atoms with Gasteiger partial charge < -0.3 is 5.73 Å². The van der Waals surface area contributed by atoms with E-state index in [1.165, 1.54) is 11.1 Å². The highest BCUT2D eigenvalue weighted by Crippen LogP contribution is 2.40. The molecule has 0 fully saturated rings. The molecule has 0 spiro atoms. The van der Waals surface area contributed by atoms with Crippen LogP contribution in [-0.2, 0) is 0 Å². The van der Waals surface area contributed by atoms with Gasteiger partial charge >= 0.3 is 0 Å². The maximum absolute atomic E-state index is 6.17. The van der Waals surface area contributed by atoms with Gasteiger partial charge in [0.25, 0.3) is 0 Å². The Kier molecular flexibility index (Phi) is 5.02. The number of benzene rings is 1. The van der Waals surface area contributed by atoms with Crippen LogP contribution in [0.1, 0.15) is 23.3 Å².